The van der Waals surface area contributed by atoms with Gasteiger partial charge in [0.05, 0.1) is 6.04 Å². The van der Waals surface area contributed by atoms with Crippen LogP contribution in [-0.4, -0.2) is 66.1 Å². The summed E-state index contributed by atoms with van der Waals surface area (Å²) >= 11 is 6.03. The molecule has 2 heterocycles. The number of piperidine rings is 1. The first kappa shape index (κ1) is 21.6. The molecule has 0 unspecified atom stereocenters. The van der Waals surface area contributed by atoms with Crippen LogP contribution >= 0.6 is 11.6 Å². The standard InChI is InChI=1S/C22H35ClN4O/c1-4-26-11-9-19(10-12-26)25-20-13-21(22(28)24-16(2)3)27(15-20)14-17-5-7-18(23)8-6-17/h5-8,16,19-21,25H,4,9-15H2,1-3H3,(H,24,28)/t20-,21+/m1/s1. The average Bonchev–Trinajstić information content (AvgIpc) is 3.06. The Kier molecular flexibility index (Phi) is 7.75. The van der Waals surface area contributed by atoms with Crippen molar-refractivity contribution in [3.8, 4) is 0 Å². The van der Waals surface area contributed by atoms with Crippen LogP contribution in [0.5, 0.6) is 0 Å². The minimum Gasteiger partial charge on any atom is -0.353 e. The van der Waals surface area contributed by atoms with E-state index in [9.17, 15) is 4.79 Å². The molecule has 2 saturated heterocycles. The molecule has 1 amide bonds. The lowest BCUT2D eigenvalue weighted by atomic mass is 10.0. The maximum Gasteiger partial charge on any atom is 0.237 e. The van der Waals surface area contributed by atoms with Crippen molar-refractivity contribution in [1.29, 1.82) is 0 Å². The summed E-state index contributed by atoms with van der Waals surface area (Å²) in [5.74, 6) is 0.147. The third-order valence-corrected chi connectivity index (χ3v) is 6.19. The average molecular weight is 407 g/mol. The molecular weight excluding hydrogens is 372 g/mol. The van der Waals surface area contributed by atoms with Crippen molar-refractivity contribution in [3.05, 3.63) is 34.9 Å². The minimum absolute atomic E-state index is 0.0775. The number of carbonyl (C=O) groups excluding carboxylic acids is 1. The van der Waals surface area contributed by atoms with Gasteiger partial charge in [-0.05, 0) is 70.4 Å². The van der Waals surface area contributed by atoms with Gasteiger partial charge in [-0.15, -0.1) is 0 Å². The van der Waals surface area contributed by atoms with Gasteiger partial charge in [0.1, 0.15) is 0 Å². The van der Waals surface area contributed by atoms with E-state index in [-0.39, 0.29) is 18.0 Å². The Morgan fingerprint density at radius 2 is 1.86 bits per heavy atom. The van der Waals surface area contributed by atoms with Crippen LogP contribution in [0.2, 0.25) is 5.02 Å². The Balaban J connectivity index is 1.62. The van der Waals surface area contributed by atoms with Crippen molar-refractivity contribution in [2.45, 2.75) is 70.7 Å². The summed E-state index contributed by atoms with van der Waals surface area (Å²) in [6.07, 6.45) is 3.27. The number of rotatable bonds is 7. The fourth-order valence-corrected chi connectivity index (χ4v) is 4.55. The number of nitrogens with zero attached hydrogens (tertiary/aromatic N) is 2. The SMILES string of the molecule is CCN1CCC(N[C@@H]2C[C@@H](C(=O)NC(C)C)N(Cc3ccc(Cl)cc3)C2)CC1. The van der Waals surface area contributed by atoms with Gasteiger partial charge in [0.15, 0.2) is 0 Å². The molecule has 0 aliphatic carbocycles. The molecule has 28 heavy (non-hydrogen) atoms. The molecule has 6 heteroatoms. The summed E-state index contributed by atoms with van der Waals surface area (Å²) in [5, 5.41) is 7.71. The van der Waals surface area contributed by atoms with Gasteiger partial charge >= 0.3 is 0 Å². The number of halogens is 1. The third kappa shape index (κ3) is 5.93. The highest BCUT2D eigenvalue weighted by Crippen LogP contribution is 2.23. The number of hydrogen-bond donors (Lipinski definition) is 2. The van der Waals surface area contributed by atoms with Gasteiger partial charge in [-0.25, -0.2) is 0 Å². The minimum atomic E-state index is -0.0775. The van der Waals surface area contributed by atoms with Crippen LogP contribution in [0.3, 0.4) is 0 Å². The number of nitrogens with one attached hydrogen (secondary N) is 2. The van der Waals surface area contributed by atoms with Gasteiger partial charge < -0.3 is 15.5 Å². The lowest BCUT2D eigenvalue weighted by molar-refractivity contribution is -0.126. The highest BCUT2D eigenvalue weighted by atomic mass is 35.5. The zero-order chi connectivity index (χ0) is 20.1. The van der Waals surface area contributed by atoms with Crippen molar-refractivity contribution in [2.24, 2.45) is 0 Å². The quantitative estimate of drug-likeness (QED) is 0.731. The zero-order valence-corrected chi connectivity index (χ0v) is 18.2. The summed E-state index contributed by atoms with van der Waals surface area (Å²) in [7, 11) is 0. The Hall–Kier alpha value is -1.14. The summed E-state index contributed by atoms with van der Waals surface area (Å²) in [6, 6.07) is 8.98. The maximum atomic E-state index is 12.8. The van der Waals surface area contributed by atoms with Crippen LogP contribution in [0.15, 0.2) is 24.3 Å². The van der Waals surface area contributed by atoms with E-state index in [4.69, 9.17) is 11.6 Å². The molecule has 2 N–H and O–H groups in total. The number of carbonyl (C=O) groups is 1. The lowest BCUT2D eigenvalue weighted by Gasteiger charge is -2.33. The van der Waals surface area contributed by atoms with E-state index in [0.29, 0.717) is 12.1 Å². The van der Waals surface area contributed by atoms with E-state index in [2.05, 4.69) is 39.5 Å². The van der Waals surface area contributed by atoms with Gasteiger partial charge in [-0.2, -0.15) is 0 Å². The number of likely N-dealkylation sites (tertiary alicyclic amines) is 2. The smallest absolute Gasteiger partial charge is 0.237 e. The third-order valence-electron chi connectivity index (χ3n) is 5.94. The first-order valence-electron chi connectivity index (χ1n) is 10.7. The van der Waals surface area contributed by atoms with Crippen LogP contribution in [-0.2, 0) is 11.3 Å². The lowest BCUT2D eigenvalue weighted by Crippen LogP contribution is -2.46. The molecule has 2 aliphatic rings. The van der Waals surface area contributed by atoms with E-state index in [1.54, 1.807) is 0 Å². The van der Waals surface area contributed by atoms with Gasteiger partial charge in [0.25, 0.3) is 0 Å². The van der Waals surface area contributed by atoms with Crippen LogP contribution in [0.1, 0.15) is 45.6 Å². The summed E-state index contributed by atoms with van der Waals surface area (Å²) < 4.78 is 0. The number of benzene rings is 1. The van der Waals surface area contributed by atoms with E-state index in [0.717, 1.165) is 31.1 Å². The molecular formula is C22H35ClN4O. The number of amides is 1. The molecule has 3 rings (SSSR count). The predicted molar refractivity (Wildman–Crippen MR) is 116 cm³/mol. The van der Waals surface area contributed by atoms with E-state index >= 15 is 0 Å². The fraction of sp³-hybridized carbons (Fsp3) is 0.682. The van der Waals surface area contributed by atoms with Crippen molar-refractivity contribution < 1.29 is 4.79 Å². The summed E-state index contributed by atoms with van der Waals surface area (Å²) in [4.78, 5) is 17.7. The summed E-state index contributed by atoms with van der Waals surface area (Å²) in [5.41, 5.74) is 1.20. The highest BCUT2D eigenvalue weighted by molar-refractivity contribution is 6.30. The highest BCUT2D eigenvalue weighted by Gasteiger charge is 2.37. The van der Waals surface area contributed by atoms with Gasteiger partial charge in [-0.1, -0.05) is 30.7 Å². The predicted octanol–water partition coefficient (Wildman–Crippen LogP) is 2.88. The van der Waals surface area contributed by atoms with E-state index < -0.39 is 0 Å². The van der Waals surface area contributed by atoms with Crippen molar-refractivity contribution >= 4 is 17.5 Å². The molecule has 1 aromatic rings. The molecule has 5 nitrogen and oxygen atoms in total. The van der Waals surface area contributed by atoms with Crippen LogP contribution in [0.4, 0.5) is 0 Å². The molecule has 156 valence electrons. The first-order chi connectivity index (χ1) is 13.4. The Morgan fingerprint density at radius 1 is 1.18 bits per heavy atom. The Bertz CT molecular complexity index is 628. The van der Waals surface area contributed by atoms with Crippen molar-refractivity contribution in [1.82, 2.24) is 20.4 Å². The van der Waals surface area contributed by atoms with Crippen LogP contribution in [0.25, 0.3) is 0 Å². The monoisotopic (exact) mass is 406 g/mol. The Labute approximate surface area is 174 Å². The first-order valence-corrected chi connectivity index (χ1v) is 11.1. The fourth-order valence-electron chi connectivity index (χ4n) is 4.43. The molecule has 0 bridgehead atoms. The van der Waals surface area contributed by atoms with Gasteiger partial charge in [0.2, 0.25) is 5.91 Å². The second-order valence-electron chi connectivity index (χ2n) is 8.54. The van der Waals surface area contributed by atoms with E-state index in [1.807, 2.05) is 26.0 Å². The zero-order valence-electron chi connectivity index (χ0n) is 17.5. The topological polar surface area (TPSA) is 47.6 Å². The second kappa shape index (κ2) is 10.1. The van der Waals surface area contributed by atoms with Gasteiger partial charge in [0, 0.05) is 36.2 Å². The summed E-state index contributed by atoms with van der Waals surface area (Å²) in [6.45, 7) is 11.5. The molecule has 0 radical (unpaired) electrons. The van der Waals surface area contributed by atoms with Crippen LogP contribution < -0.4 is 10.6 Å². The molecule has 0 aromatic heterocycles. The molecule has 1 aromatic carbocycles. The van der Waals surface area contributed by atoms with Crippen LogP contribution in [0, 0.1) is 0 Å². The van der Waals surface area contributed by atoms with Crippen molar-refractivity contribution in [3.63, 3.8) is 0 Å². The molecule has 0 spiro atoms. The Morgan fingerprint density at radius 3 is 2.46 bits per heavy atom. The molecule has 2 atom stereocenters. The molecule has 2 fully saturated rings. The maximum absolute atomic E-state index is 12.8. The second-order valence-corrected chi connectivity index (χ2v) is 8.98. The number of hydrogen-bond acceptors (Lipinski definition) is 4. The van der Waals surface area contributed by atoms with E-state index in [1.165, 1.54) is 31.5 Å². The van der Waals surface area contributed by atoms with Gasteiger partial charge in [-0.3, -0.25) is 9.69 Å². The van der Waals surface area contributed by atoms with Crippen molar-refractivity contribution in [2.75, 3.05) is 26.2 Å². The molecule has 2 aliphatic heterocycles. The largest absolute Gasteiger partial charge is 0.353 e. The normalized spacial score (nSPS) is 24.8. The molecule has 0 saturated carbocycles.